The lowest BCUT2D eigenvalue weighted by Crippen LogP contribution is -2.18. The Morgan fingerprint density at radius 3 is 2.45 bits per heavy atom. The molecule has 2 aromatic rings. The maximum Gasteiger partial charge on any atom is 0.313 e. The monoisotopic (exact) mass is 380 g/mol. The molecule has 0 aromatic heterocycles. The molecule has 0 N–H and O–H groups in total. The summed E-state index contributed by atoms with van der Waals surface area (Å²) in [6.45, 7) is 0. The van der Waals surface area contributed by atoms with Crippen LogP contribution in [0.2, 0.25) is 5.02 Å². The van der Waals surface area contributed by atoms with Gasteiger partial charge in [0.1, 0.15) is 0 Å². The Labute approximate surface area is 142 Å². The van der Waals surface area contributed by atoms with Crippen LogP contribution in [0.1, 0.15) is 28.3 Å². The molecule has 0 spiro atoms. The first-order valence-corrected chi connectivity index (χ1v) is 7.80. The van der Waals surface area contributed by atoms with Crippen LogP contribution in [-0.4, -0.2) is 18.9 Å². The van der Waals surface area contributed by atoms with E-state index < -0.39 is 11.9 Å². The molecule has 0 amide bonds. The number of carbonyl (C=O) groups is 2. The molecule has 2 aromatic carbocycles. The number of benzene rings is 2. The lowest BCUT2D eigenvalue weighted by Gasteiger charge is -2.15. The van der Waals surface area contributed by atoms with Gasteiger partial charge >= 0.3 is 5.97 Å². The molecule has 0 bridgehead atoms. The van der Waals surface area contributed by atoms with Gasteiger partial charge in [0, 0.05) is 21.5 Å². The number of ether oxygens (including phenoxy) is 1. The van der Waals surface area contributed by atoms with Crippen LogP contribution in [0.4, 0.5) is 0 Å². The van der Waals surface area contributed by atoms with Crippen molar-refractivity contribution in [3.05, 3.63) is 69.2 Å². The minimum Gasteiger partial charge on any atom is -0.469 e. The van der Waals surface area contributed by atoms with Gasteiger partial charge in [-0.05, 0) is 42.0 Å². The summed E-state index contributed by atoms with van der Waals surface area (Å²) in [4.78, 5) is 24.4. The van der Waals surface area contributed by atoms with Gasteiger partial charge in [0.15, 0.2) is 5.78 Å². The Bertz CT molecular complexity index is 683. The molecule has 0 fully saturated rings. The van der Waals surface area contributed by atoms with E-state index in [9.17, 15) is 9.59 Å². The highest BCUT2D eigenvalue weighted by atomic mass is 79.9. The molecule has 114 valence electrons. The lowest BCUT2D eigenvalue weighted by molar-refractivity contribution is -0.142. The van der Waals surface area contributed by atoms with Gasteiger partial charge in [-0.25, -0.2) is 0 Å². The molecular formula is C17H14BrClO3. The zero-order valence-electron chi connectivity index (χ0n) is 11.9. The third-order valence-electron chi connectivity index (χ3n) is 3.29. The SMILES string of the molecule is COC(=O)[C@@H](CC(=O)c1ccc(Cl)cc1)c1cccc(Br)c1. The number of rotatable bonds is 5. The summed E-state index contributed by atoms with van der Waals surface area (Å²) in [6.07, 6.45) is 0.0464. The van der Waals surface area contributed by atoms with Crippen molar-refractivity contribution in [2.24, 2.45) is 0 Å². The first kappa shape index (κ1) is 16.7. The summed E-state index contributed by atoms with van der Waals surface area (Å²) < 4.78 is 5.68. The van der Waals surface area contributed by atoms with E-state index in [0.717, 1.165) is 10.0 Å². The molecule has 0 radical (unpaired) electrons. The maximum absolute atomic E-state index is 12.4. The highest BCUT2D eigenvalue weighted by molar-refractivity contribution is 9.10. The Morgan fingerprint density at radius 2 is 1.86 bits per heavy atom. The summed E-state index contributed by atoms with van der Waals surface area (Å²) >= 11 is 9.19. The molecular weight excluding hydrogens is 368 g/mol. The molecule has 0 unspecified atom stereocenters. The van der Waals surface area contributed by atoms with E-state index in [4.69, 9.17) is 16.3 Å². The van der Waals surface area contributed by atoms with Crippen LogP contribution < -0.4 is 0 Å². The molecule has 3 nitrogen and oxygen atoms in total. The normalized spacial score (nSPS) is 11.8. The highest BCUT2D eigenvalue weighted by Gasteiger charge is 2.25. The van der Waals surface area contributed by atoms with Crippen LogP contribution in [0, 0.1) is 0 Å². The maximum atomic E-state index is 12.4. The molecule has 2 rings (SSSR count). The van der Waals surface area contributed by atoms with Gasteiger partial charge in [0.05, 0.1) is 13.0 Å². The largest absolute Gasteiger partial charge is 0.469 e. The summed E-state index contributed by atoms with van der Waals surface area (Å²) in [6, 6.07) is 13.9. The van der Waals surface area contributed by atoms with Crippen molar-refractivity contribution in [2.45, 2.75) is 12.3 Å². The summed E-state index contributed by atoms with van der Waals surface area (Å²) in [5.41, 5.74) is 1.26. The number of halogens is 2. The van der Waals surface area contributed by atoms with Crippen molar-refractivity contribution in [3.8, 4) is 0 Å². The quantitative estimate of drug-likeness (QED) is 0.560. The van der Waals surface area contributed by atoms with Crippen molar-refractivity contribution in [1.82, 2.24) is 0 Å². The lowest BCUT2D eigenvalue weighted by atomic mass is 9.91. The van der Waals surface area contributed by atoms with Gasteiger partial charge in [-0.2, -0.15) is 0 Å². The first-order valence-electron chi connectivity index (χ1n) is 6.63. The Hall–Kier alpha value is -1.65. The highest BCUT2D eigenvalue weighted by Crippen LogP contribution is 2.26. The van der Waals surface area contributed by atoms with Gasteiger partial charge in [-0.15, -0.1) is 0 Å². The number of hydrogen-bond acceptors (Lipinski definition) is 3. The first-order chi connectivity index (χ1) is 10.5. The Balaban J connectivity index is 2.25. The second-order valence-electron chi connectivity index (χ2n) is 4.76. The van der Waals surface area contributed by atoms with Crippen molar-refractivity contribution in [1.29, 1.82) is 0 Å². The number of hydrogen-bond donors (Lipinski definition) is 0. The zero-order valence-corrected chi connectivity index (χ0v) is 14.2. The minimum atomic E-state index is -0.634. The number of carbonyl (C=O) groups excluding carboxylic acids is 2. The fraction of sp³-hybridized carbons (Fsp3) is 0.176. The number of Topliss-reactive ketones (excluding diaryl/α,β-unsaturated/α-hetero) is 1. The molecule has 0 saturated heterocycles. The third-order valence-corrected chi connectivity index (χ3v) is 4.04. The van der Waals surface area contributed by atoms with Crippen molar-refractivity contribution in [3.63, 3.8) is 0 Å². The molecule has 5 heteroatoms. The predicted octanol–water partition coefficient (Wildman–Crippen LogP) is 4.63. The van der Waals surface area contributed by atoms with Crippen LogP contribution >= 0.6 is 27.5 Å². The van der Waals surface area contributed by atoms with Crippen LogP contribution in [0.15, 0.2) is 53.0 Å². The van der Waals surface area contributed by atoms with E-state index in [1.54, 1.807) is 24.3 Å². The van der Waals surface area contributed by atoms with E-state index in [-0.39, 0.29) is 12.2 Å². The van der Waals surface area contributed by atoms with E-state index in [1.807, 2.05) is 24.3 Å². The molecule has 22 heavy (non-hydrogen) atoms. The molecule has 0 aliphatic rings. The number of methoxy groups -OCH3 is 1. The molecule has 0 aliphatic carbocycles. The van der Waals surface area contributed by atoms with Gasteiger partial charge < -0.3 is 4.74 Å². The van der Waals surface area contributed by atoms with Crippen LogP contribution in [0.25, 0.3) is 0 Å². The second kappa shape index (κ2) is 7.56. The van der Waals surface area contributed by atoms with Crippen molar-refractivity contribution < 1.29 is 14.3 Å². The average molecular weight is 382 g/mol. The fourth-order valence-corrected chi connectivity index (χ4v) is 2.68. The van der Waals surface area contributed by atoms with E-state index in [0.29, 0.717) is 10.6 Å². The standard InChI is InChI=1S/C17H14BrClO3/c1-22-17(21)15(12-3-2-4-13(18)9-12)10-16(20)11-5-7-14(19)8-6-11/h2-9,15H,10H2,1H3/t15-/m0/s1. The Kier molecular flexibility index (Phi) is 5.75. The topological polar surface area (TPSA) is 43.4 Å². The van der Waals surface area contributed by atoms with Crippen LogP contribution in [0.5, 0.6) is 0 Å². The summed E-state index contributed by atoms with van der Waals surface area (Å²) in [7, 11) is 1.32. The number of ketones is 1. The van der Waals surface area contributed by atoms with Crippen LogP contribution in [-0.2, 0) is 9.53 Å². The molecule has 0 aliphatic heterocycles. The molecule has 1 atom stereocenters. The summed E-state index contributed by atoms with van der Waals surface area (Å²) in [5, 5.41) is 0.563. The van der Waals surface area contributed by atoms with Gasteiger partial charge in [-0.1, -0.05) is 39.7 Å². The fourth-order valence-electron chi connectivity index (χ4n) is 2.14. The van der Waals surface area contributed by atoms with Crippen molar-refractivity contribution in [2.75, 3.05) is 7.11 Å². The van der Waals surface area contributed by atoms with E-state index in [1.165, 1.54) is 7.11 Å². The minimum absolute atomic E-state index is 0.0464. The van der Waals surface area contributed by atoms with Crippen LogP contribution in [0.3, 0.4) is 0 Å². The van der Waals surface area contributed by atoms with Gasteiger partial charge in [-0.3, -0.25) is 9.59 Å². The summed E-state index contributed by atoms with van der Waals surface area (Å²) in [5.74, 6) is -1.20. The number of esters is 1. The van der Waals surface area contributed by atoms with Gasteiger partial charge in [0.25, 0.3) is 0 Å². The third kappa shape index (κ3) is 4.18. The van der Waals surface area contributed by atoms with E-state index in [2.05, 4.69) is 15.9 Å². The smallest absolute Gasteiger partial charge is 0.313 e. The van der Waals surface area contributed by atoms with Crippen molar-refractivity contribution >= 4 is 39.3 Å². The Morgan fingerprint density at radius 1 is 1.18 bits per heavy atom. The van der Waals surface area contributed by atoms with E-state index >= 15 is 0 Å². The second-order valence-corrected chi connectivity index (χ2v) is 6.12. The predicted molar refractivity (Wildman–Crippen MR) is 89.3 cm³/mol. The average Bonchev–Trinajstić information content (AvgIpc) is 2.52. The zero-order chi connectivity index (χ0) is 16.1. The molecule has 0 heterocycles. The van der Waals surface area contributed by atoms with Gasteiger partial charge in [0.2, 0.25) is 0 Å². The molecule has 0 saturated carbocycles.